The van der Waals surface area contributed by atoms with Crippen molar-refractivity contribution in [3.8, 4) is 0 Å². The Morgan fingerprint density at radius 2 is 1.01 bits per heavy atom. The predicted octanol–water partition coefficient (Wildman–Crippen LogP) is 30.4. The van der Waals surface area contributed by atoms with Crippen LogP contribution in [-0.2, 0) is 102 Å². The van der Waals surface area contributed by atoms with Gasteiger partial charge in [-0.2, -0.15) is 0 Å². The fraction of sp³-hybridized carbons (Fsp3) is 0.878. The number of esters is 2. The van der Waals surface area contributed by atoms with Gasteiger partial charge in [0.2, 0.25) is 0 Å². The molecule has 0 aromatic carbocycles. The average Bonchev–Trinajstić information content (AvgIpc) is 0.736. The summed E-state index contributed by atoms with van der Waals surface area (Å²) in [6, 6.07) is 11.3. The Labute approximate surface area is 894 Å². The van der Waals surface area contributed by atoms with E-state index in [1.807, 2.05) is 33.1 Å². The SMILES string of the molecule is C=C/C=C/[C@H](CC(=C)C[C@H]1O[C@@H]([C@H](O[Si](CC)(CC)CC)[C@@]2(OC)C[C@H](O[Si](C)(C)C(C)(C)C)[C@@H](C)[C@@H](CCC/C=C\[C@H]3C[C@H](O[Si](C)(C)C(C)(C)C)C[C@@]4(C[C@@H](OC)C[C@@H](CC(=O)[C@@H](C)[C@@H](OC(C)=O)[C@H](C)C(=C)C[C@H]5C[C@](C)(O[Si](CC)(CC)CC)C[C@@]6(C[C@@H](OC(C)=O)C[C@H](CC(=O)O[Si](C(C)C)(C(C)C)C(C)C)O6)O5)O4)O3)O2)[C@H](C)[C@@H](O[Si](CC)(CC)CC)[C@@H]1O[Si](CC)(CC)CC)O[Si](C)(C)C(C)(C)C. The maximum atomic E-state index is 15.6. The first-order valence-electron chi connectivity index (χ1n) is 57.4. The molecule has 0 aliphatic carbocycles. The number of hydrogen-bond donors (Lipinski definition) is 0. The van der Waals surface area contributed by atoms with Crippen LogP contribution in [0.15, 0.2) is 61.3 Å². The molecule has 0 bridgehead atoms. The average molecular weight is 2180 g/mol. The molecule has 2 spiro atoms. The molecule has 0 aromatic rings. The summed E-state index contributed by atoms with van der Waals surface area (Å²) in [5.41, 5.74) is 1.49. The van der Waals surface area contributed by atoms with E-state index in [1.165, 1.54) is 13.8 Å². The molecule has 6 aliphatic heterocycles. The minimum absolute atomic E-state index is 0.00107. The van der Waals surface area contributed by atoms with E-state index >= 15 is 4.79 Å². The van der Waals surface area contributed by atoms with Crippen molar-refractivity contribution in [2.45, 2.75) is 609 Å². The van der Waals surface area contributed by atoms with Crippen LogP contribution in [-0.4, -0.2) is 225 Å². The Hall–Kier alpha value is -2.08. The van der Waals surface area contributed by atoms with Crippen molar-refractivity contribution in [2.75, 3.05) is 14.2 Å². The first kappa shape index (κ1) is 132. The van der Waals surface area contributed by atoms with Gasteiger partial charge >= 0.3 is 11.9 Å². The molecule has 0 N–H and O–H groups in total. The Bertz CT molecular complexity index is 4050. The number of ketones is 1. The molecule has 24 atom stereocenters. The monoisotopic (exact) mass is 2180 g/mol. The molecule has 145 heavy (non-hydrogen) atoms. The van der Waals surface area contributed by atoms with Crippen LogP contribution in [0.5, 0.6) is 0 Å². The second kappa shape index (κ2) is 54.7. The summed E-state index contributed by atoms with van der Waals surface area (Å²) in [5.74, 6) is -6.92. The van der Waals surface area contributed by atoms with E-state index in [1.54, 1.807) is 7.11 Å². The van der Waals surface area contributed by atoms with E-state index < -0.39 is 168 Å². The molecule has 22 nitrogen and oxygen atoms in total. The highest BCUT2D eigenvalue weighted by molar-refractivity contribution is 6.79. The first-order valence-corrected chi connectivity index (χ1v) is 78.4. The molecule has 6 heterocycles. The van der Waals surface area contributed by atoms with Gasteiger partial charge in [-0.05, 0) is 189 Å². The molecule has 842 valence electrons. The number of methoxy groups -OCH3 is 2. The van der Waals surface area contributed by atoms with Crippen LogP contribution < -0.4 is 0 Å². The minimum atomic E-state index is -2.64. The highest BCUT2D eigenvalue weighted by Gasteiger charge is 2.64. The van der Waals surface area contributed by atoms with Gasteiger partial charge in [-0.25, -0.2) is 0 Å². The number of unbranched alkanes of at least 4 members (excludes halogenated alkanes) is 1. The first-order chi connectivity index (χ1) is 67.1. The highest BCUT2D eigenvalue weighted by atomic mass is 28.4. The van der Waals surface area contributed by atoms with Crippen LogP contribution in [0.2, 0.25) is 144 Å². The van der Waals surface area contributed by atoms with Crippen molar-refractivity contribution in [2.24, 2.45) is 23.7 Å². The van der Waals surface area contributed by atoms with E-state index in [0.717, 1.165) is 84.5 Å². The second-order valence-electron chi connectivity index (χ2n) is 51.1. The fourth-order valence-electron chi connectivity index (χ4n) is 24.4. The normalized spacial score (nSPS) is 29.8. The molecule has 30 heteroatoms. The molecule has 0 unspecified atom stereocenters. The van der Waals surface area contributed by atoms with Crippen LogP contribution >= 0.6 is 0 Å². The van der Waals surface area contributed by atoms with Crippen LogP contribution in [0.25, 0.3) is 0 Å². The third-order valence-electron chi connectivity index (χ3n) is 37.3. The highest BCUT2D eigenvalue weighted by Crippen LogP contribution is 2.56. The lowest BCUT2D eigenvalue weighted by atomic mass is 9.78. The van der Waals surface area contributed by atoms with Gasteiger partial charge in [0.25, 0.3) is 14.3 Å². The molecule has 6 fully saturated rings. The number of allylic oxidation sites excluding steroid dienone is 3. The standard InChI is InChI=1S/C115H218O22Si8/c1-46-59-63-92(130-138(40,41)109(28,29)30)66-83(20)67-101-107(135-142(50-5,51-6)52-7)105(134-141(47-2,48-3)49-4)88(25)106(124-101)108(136-143(53-8,54-9)55-10)115(121-39)78-102(132-140(44,45)111(34,35)36)87(24)100(129-115)65-62-60-61-64-91-69-98(131-139(42,43)110(31,32)33)77-113(125-91)75-95(120-38)70-93(126-113)72-99(118)86(23)104(123-90(27)117)85(22)84(21)68-97-74-112(37,137-144(56-11,57-12)58-13)79-114(128-97)76-96(122-89(26)116)71-94(127-114)73-103(119)133-145(80(14)15,81(16)17)82(18)19/h46,59,61,63-64,80-82,85-88,91-98,100-102,104-108H,1,20-21,47-58,60,62,65-79H2,2-19,22-45H3/b63-59+,64-61-/t85-,86-,87+,88-,91+,92-,93+,94-,95+,96+,97+,98+,100-,101-,102+,104+,105-,106-,107-,108+,112+,113+,114-,115-/m1/s1. The maximum absolute atomic E-state index is 15.6. The third-order valence-corrected chi connectivity index (χ3v) is 75.5. The molecule has 0 aromatic heterocycles. The zero-order chi connectivity index (χ0) is 110. The zero-order valence-electron chi connectivity index (χ0n) is 100. The second-order valence-corrected chi connectivity index (χ2v) is 89.6. The van der Waals surface area contributed by atoms with Crippen molar-refractivity contribution in [1.29, 1.82) is 0 Å². The van der Waals surface area contributed by atoms with E-state index in [2.05, 4.69) is 272 Å². The summed E-state index contributed by atoms with van der Waals surface area (Å²) in [5, 5.41) is -0.233. The smallest absolute Gasteiger partial charge is 0.302 e. The predicted molar refractivity (Wildman–Crippen MR) is 613 cm³/mol. The van der Waals surface area contributed by atoms with Crippen LogP contribution in [0.4, 0.5) is 0 Å². The van der Waals surface area contributed by atoms with Gasteiger partial charge in [0.05, 0.1) is 97.3 Å². The molecule has 6 rings (SSSR count). The summed E-state index contributed by atoms with van der Waals surface area (Å²) < 4.78 is 134. The Morgan fingerprint density at radius 1 is 0.510 bits per heavy atom. The van der Waals surface area contributed by atoms with Gasteiger partial charge in [-0.3, -0.25) is 19.2 Å². The van der Waals surface area contributed by atoms with Crippen molar-refractivity contribution in [3.05, 3.63) is 61.3 Å². The largest absolute Gasteiger partial charge is 0.518 e. The summed E-state index contributed by atoms with van der Waals surface area (Å²) >= 11 is 0. The van der Waals surface area contributed by atoms with Crippen LogP contribution in [0.1, 0.15) is 345 Å². The molecule has 6 aliphatic rings. The molecular formula is C115H218O22Si8. The van der Waals surface area contributed by atoms with Gasteiger partial charge in [0, 0.05) is 110 Å². The Balaban J connectivity index is 1.39. The number of carbonyl (C=O) groups excluding carboxylic acids is 4. The van der Waals surface area contributed by atoms with E-state index in [4.69, 9.17) is 95.9 Å². The van der Waals surface area contributed by atoms with Gasteiger partial charge in [0.15, 0.2) is 75.6 Å². The van der Waals surface area contributed by atoms with Crippen LogP contribution in [0, 0.1) is 23.7 Å². The fourth-order valence-corrected chi connectivity index (χ4v) is 45.4. The molecule has 6 saturated heterocycles. The number of rotatable bonds is 57. The summed E-state index contributed by atoms with van der Waals surface area (Å²) in [4.78, 5) is 56.7. The van der Waals surface area contributed by atoms with Crippen molar-refractivity contribution >= 4 is 90.2 Å². The Kier molecular flexibility index (Phi) is 49.7. The lowest BCUT2D eigenvalue weighted by molar-refractivity contribution is -0.353. The topological polar surface area (TPSA) is 234 Å². The summed E-state index contributed by atoms with van der Waals surface area (Å²) in [6.07, 6.45) is 10.00. The molecule has 0 amide bonds. The molecule has 0 saturated carbocycles. The maximum Gasteiger partial charge on any atom is 0.302 e. The van der Waals surface area contributed by atoms with Gasteiger partial charge in [-0.15, -0.1) is 0 Å². The molecule has 0 radical (unpaired) electrons. The summed E-state index contributed by atoms with van der Waals surface area (Å²) in [7, 11) is -16.0. The lowest BCUT2D eigenvalue weighted by Gasteiger charge is -2.58. The zero-order valence-corrected chi connectivity index (χ0v) is 108. The quantitative estimate of drug-likeness (QED) is 0.0181. The van der Waals surface area contributed by atoms with Crippen LogP contribution in [0.3, 0.4) is 0 Å². The third kappa shape index (κ3) is 33.7. The minimum Gasteiger partial charge on any atom is -0.518 e. The van der Waals surface area contributed by atoms with Gasteiger partial charge in [0.1, 0.15) is 24.1 Å². The molecular weight excluding hydrogens is 1960 g/mol. The number of hydrogen-bond acceptors (Lipinski definition) is 22. The van der Waals surface area contributed by atoms with Crippen molar-refractivity contribution < 1.29 is 102 Å². The van der Waals surface area contributed by atoms with E-state index in [-0.39, 0.29) is 124 Å². The number of ether oxygens (including phenoxy) is 10. The van der Waals surface area contributed by atoms with Crippen molar-refractivity contribution in [1.82, 2.24) is 0 Å². The van der Waals surface area contributed by atoms with Crippen molar-refractivity contribution in [3.63, 3.8) is 0 Å². The van der Waals surface area contributed by atoms with Gasteiger partial charge < -0.3 is 82.8 Å². The number of Topliss-reactive ketones (excluding diaryl/α,β-unsaturated/α-hetero) is 1. The number of carbonyl (C=O) groups is 4. The van der Waals surface area contributed by atoms with E-state index in [0.29, 0.717) is 82.6 Å². The summed E-state index contributed by atoms with van der Waals surface area (Å²) in [6.45, 7) is 103. The van der Waals surface area contributed by atoms with Gasteiger partial charge in [-0.1, -0.05) is 276 Å². The Morgan fingerprint density at radius 3 is 1.50 bits per heavy atom. The lowest BCUT2D eigenvalue weighted by Crippen LogP contribution is -2.70. The van der Waals surface area contributed by atoms with E-state index in [9.17, 15) is 14.4 Å².